The summed E-state index contributed by atoms with van der Waals surface area (Å²) in [5.74, 6) is -1.13. The van der Waals surface area contributed by atoms with Crippen molar-refractivity contribution < 1.29 is 14.7 Å². The fraction of sp³-hybridized carbons (Fsp3) is 0.571. The maximum Gasteiger partial charge on any atom is 0.303 e. The van der Waals surface area contributed by atoms with E-state index in [4.69, 9.17) is 5.11 Å². The Morgan fingerprint density at radius 2 is 2.05 bits per heavy atom. The lowest BCUT2D eigenvalue weighted by molar-refractivity contribution is -0.137. The Morgan fingerprint density at radius 1 is 1.29 bits per heavy atom. The van der Waals surface area contributed by atoms with Gasteiger partial charge in [0, 0.05) is 25.6 Å². The van der Waals surface area contributed by atoms with Crippen molar-refractivity contribution in [1.82, 2.24) is 15.1 Å². The van der Waals surface area contributed by atoms with Crippen LogP contribution in [0.15, 0.2) is 16.9 Å². The average Bonchev–Trinajstić information content (AvgIpc) is 2.44. The molecule has 0 aliphatic rings. The summed E-state index contributed by atoms with van der Waals surface area (Å²) in [6.07, 6.45) is 2.98. The number of nitrogens with zero attached hydrogens (tertiary/aromatic N) is 2. The number of nitrogens with one attached hydrogen (secondary N) is 1. The standard InChI is InChI=1S/C14H21N3O4/c1-2-10-17-12(18)8-7-11(16-17)14(21)15-9-5-3-4-6-13(19)20/h7-8H,2-6,9-10H2,1H3,(H,15,21)(H,19,20). The lowest BCUT2D eigenvalue weighted by Crippen LogP contribution is -2.30. The maximum atomic E-state index is 11.9. The summed E-state index contributed by atoms with van der Waals surface area (Å²) in [5.41, 5.74) is -0.00402. The Balaban J connectivity index is 2.40. The van der Waals surface area contributed by atoms with E-state index in [0.717, 1.165) is 12.8 Å². The minimum absolute atomic E-state index is 0.150. The number of aromatic nitrogens is 2. The van der Waals surface area contributed by atoms with Gasteiger partial charge in [-0.05, 0) is 25.3 Å². The van der Waals surface area contributed by atoms with Crippen LogP contribution in [0.25, 0.3) is 0 Å². The summed E-state index contributed by atoms with van der Waals surface area (Å²) in [7, 11) is 0. The number of aliphatic carboxylic acids is 1. The number of hydrogen-bond donors (Lipinski definition) is 2. The molecule has 0 atom stereocenters. The van der Waals surface area contributed by atoms with Crippen molar-refractivity contribution >= 4 is 11.9 Å². The summed E-state index contributed by atoms with van der Waals surface area (Å²) in [6, 6.07) is 2.75. The second kappa shape index (κ2) is 8.89. The first-order chi connectivity index (χ1) is 10.0. The van der Waals surface area contributed by atoms with Crippen LogP contribution in [0.4, 0.5) is 0 Å². The van der Waals surface area contributed by atoms with Crippen molar-refractivity contribution in [2.24, 2.45) is 0 Å². The summed E-state index contributed by atoms with van der Waals surface area (Å²) in [4.78, 5) is 33.7. The molecule has 21 heavy (non-hydrogen) atoms. The molecule has 1 aromatic rings. The molecule has 0 saturated carbocycles. The molecule has 0 fully saturated rings. The van der Waals surface area contributed by atoms with E-state index in [1.54, 1.807) is 0 Å². The predicted molar refractivity (Wildman–Crippen MR) is 77.2 cm³/mol. The number of carboxylic acids is 1. The Hall–Kier alpha value is -2.18. The van der Waals surface area contributed by atoms with Crippen molar-refractivity contribution in [1.29, 1.82) is 0 Å². The van der Waals surface area contributed by atoms with Crippen molar-refractivity contribution in [3.8, 4) is 0 Å². The van der Waals surface area contributed by atoms with Crippen LogP contribution in [-0.2, 0) is 11.3 Å². The minimum Gasteiger partial charge on any atom is -0.481 e. The molecular weight excluding hydrogens is 274 g/mol. The van der Waals surface area contributed by atoms with E-state index in [-0.39, 0.29) is 23.6 Å². The van der Waals surface area contributed by atoms with Gasteiger partial charge in [-0.2, -0.15) is 5.10 Å². The first-order valence-corrected chi connectivity index (χ1v) is 7.12. The van der Waals surface area contributed by atoms with E-state index < -0.39 is 5.97 Å². The highest BCUT2D eigenvalue weighted by Gasteiger charge is 2.08. The third kappa shape index (κ3) is 6.20. The molecule has 7 heteroatoms. The molecule has 7 nitrogen and oxygen atoms in total. The highest BCUT2D eigenvalue weighted by Crippen LogP contribution is 1.99. The van der Waals surface area contributed by atoms with E-state index in [9.17, 15) is 14.4 Å². The Kier molecular flexibility index (Phi) is 7.14. The molecule has 0 spiro atoms. The highest BCUT2D eigenvalue weighted by atomic mass is 16.4. The van der Waals surface area contributed by atoms with Gasteiger partial charge in [-0.25, -0.2) is 4.68 Å². The fourth-order valence-electron chi connectivity index (χ4n) is 1.81. The number of rotatable bonds is 9. The molecular formula is C14H21N3O4. The van der Waals surface area contributed by atoms with Crippen molar-refractivity contribution in [2.75, 3.05) is 6.54 Å². The number of carbonyl (C=O) groups is 2. The van der Waals surface area contributed by atoms with Crippen LogP contribution in [0.3, 0.4) is 0 Å². The lowest BCUT2D eigenvalue weighted by atomic mass is 10.2. The monoisotopic (exact) mass is 295 g/mol. The zero-order chi connectivity index (χ0) is 15.7. The van der Waals surface area contributed by atoms with Gasteiger partial charge in [0.25, 0.3) is 11.5 Å². The normalized spacial score (nSPS) is 10.3. The summed E-state index contributed by atoms with van der Waals surface area (Å²) < 4.78 is 1.28. The number of hydrogen-bond acceptors (Lipinski definition) is 4. The molecule has 0 radical (unpaired) electrons. The van der Waals surface area contributed by atoms with Gasteiger partial charge in [0.15, 0.2) is 0 Å². The molecule has 0 bridgehead atoms. The highest BCUT2D eigenvalue weighted by molar-refractivity contribution is 5.91. The van der Waals surface area contributed by atoms with Crippen molar-refractivity contribution in [3.63, 3.8) is 0 Å². The molecule has 1 amide bonds. The molecule has 2 N–H and O–H groups in total. The molecule has 1 aromatic heterocycles. The van der Waals surface area contributed by atoms with Gasteiger partial charge >= 0.3 is 5.97 Å². The summed E-state index contributed by atoms with van der Waals surface area (Å²) in [5, 5.41) is 15.2. The van der Waals surface area contributed by atoms with Crippen LogP contribution in [0.1, 0.15) is 49.5 Å². The molecule has 0 aliphatic heterocycles. The molecule has 0 saturated heterocycles. The summed E-state index contributed by atoms with van der Waals surface area (Å²) in [6.45, 7) is 2.88. The first-order valence-electron chi connectivity index (χ1n) is 7.12. The van der Waals surface area contributed by atoms with E-state index in [0.29, 0.717) is 25.9 Å². The van der Waals surface area contributed by atoms with E-state index >= 15 is 0 Å². The van der Waals surface area contributed by atoms with Gasteiger partial charge < -0.3 is 10.4 Å². The quantitative estimate of drug-likeness (QED) is 0.662. The van der Waals surface area contributed by atoms with Gasteiger partial charge in [-0.3, -0.25) is 14.4 Å². The molecule has 0 aromatic carbocycles. The van der Waals surface area contributed by atoms with Gasteiger partial charge in [-0.15, -0.1) is 0 Å². The number of carbonyl (C=O) groups excluding carboxylic acids is 1. The van der Waals surface area contributed by atoms with E-state index in [1.165, 1.54) is 16.8 Å². The topological polar surface area (TPSA) is 101 Å². The van der Waals surface area contributed by atoms with Gasteiger partial charge in [0.05, 0.1) is 0 Å². The smallest absolute Gasteiger partial charge is 0.303 e. The first kappa shape index (κ1) is 16.9. The van der Waals surface area contributed by atoms with E-state index in [2.05, 4.69) is 10.4 Å². The Morgan fingerprint density at radius 3 is 2.71 bits per heavy atom. The second-order valence-corrected chi connectivity index (χ2v) is 4.74. The van der Waals surface area contributed by atoms with Crippen molar-refractivity contribution in [3.05, 3.63) is 28.2 Å². The van der Waals surface area contributed by atoms with Crippen LogP contribution in [0.5, 0.6) is 0 Å². The van der Waals surface area contributed by atoms with Crippen LogP contribution in [0.2, 0.25) is 0 Å². The fourth-order valence-corrected chi connectivity index (χ4v) is 1.81. The van der Waals surface area contributed by atoms with Gasteiger partial charge in [0.2, 0.25) is 0 Å². The number of unbranched alkanes of at least 4 members (excludes halogenated alkanes) is 2. The van der Waals surface area contributed by atoms with Gasteiger partial charge in [-0.1, -0.05) is 13.3 Å². The Bertz CT molecular complexity index is 539. The third-order valence-corrected chi connectivity index (χ3v) is 2.89. The number of aryl methyl sites for hydroxylation is 1. The molecule has 1 rings (SSSR count). The van der Waals surface area contributed by atoms with Gasteiger partial charge in [0.1, 0.15) is 5.69 Å². The average molecular weight is 295 g/mol. The molecule has 1 heterocycles. The lowest BCUT2D eigenvalue weighted by Gasteiger charge is -2.07. The zero-order valence-electron chi connectivity index (χ0n) is 12.2. The predicted octanol–water partition coefficient (Wildman–Crippen LogP) is 1.03. The SMILES string of the molecule is CCCn1nc(C(=O)NCCCCCC(=O)O)ccc1=O. The minimum atomic E-state index is -0.804. The summed E-state index contributed by atoms with van der Waals surface area (Å²) >= 11 is 0. The number of carboxylic acid groups (broad SMARTS) is 1. The maximum absolute atomic E-state index is 11.9. The third-order valence-electron chi connectivity index (χ3n) is 2.89. The molecule has 0 aliphatic carbocycles. The van der Waals surface area contributed by atoms with Crippen LogP contribution < -0.4 is 10.9 Å². The largest absolute Gasteiger partial charge is 0.481 e. The van der Waals surface area contributed by atoms with Crippen molar-refractivity contribution in [2.45, 2.75) is 45.6 Å². The molecule has 0 unspecified atom stereocenters. The van der Waals surface area contributed by atoms with Crippen LogP contribution in [-0.4, -0.2) is 33.3 Å². The zero-order valence-corrected chi connectivity index (χ0v) is 12.2. The number of amides is 1. The second-order valence-electron chi connectivity index (χ2n) is 4.74. The van der Waals surface area contributed by atoms with E-state index in [1.807, 2.05) is 6.92 Å². The molecule has 116 valence electrons. The Labute approximate surface area is 123 Å². The van der Waals surface area contributed by atoms with Crippen LogP contribution >= 0.6 is 0 Å². The van der Waals surface area contributed by atoms with Crippen LogP contribution in [0, 0.1) is 0 Å².